The molecule has 0 aromatic rings. The van der Waals surface area contributed by atoms with Gasteiger partial charge in [0.15, 0.2) is 0 Å². The minimum atomic E-state index is -1.07. The second kappa shape index (κ2) is 14.9. The van der Waals surface area contributed by atoms with Crippen LogP contribution in [-0.2, 0) is 14.4 Å². The van der Waals surface area contributed by atoms with Gasteiger partial charge in [0, 0.05) is 17.6 Å². The second-order valence-corrected chi connectivity index (χ2v) is 6.52. The van der Waals surface area contributed by atoms with E-state index >= 15 is 0 Å². The number of rotatable bonds is 7. The van der Waals surface area contributed by atoms with E-state index in [9.17, 15) is 19.5 Å². The van der Waals surface area contributed by atoms with Crippen molar-refractivity contribution in [2.45, 2.75) is 40.5 Å². The molecular weight excluding hydrogens is 338 g/mol. The van der Waals surface area contributed by atoms with Gasteiger partial charge in [0.25, 0.3) is 0 Å². The van der Waals surface area contributed by atoms with Crippen LogP contribution in [0.2, 0.25) is 0 Å². The second-order valence-electron chi connectivity index (χ2n) is 6.52. The number of carbonyl (C=O) groups is 3. The third kappa shape index (κ3) is 21.6. The maximum absolute atomic E-state index is 10.3. The summed E-state index contributed by atoms with van der Waals surface area (Å²) in [5.41, 5.74) is 0.975. The number of hydrogen-bond acceptors (Lipinski definition) is 4. The highest BCUT2D eigenvalue weighted by Gasteiger charge is 2.03. The van der Waals surface area contributed by atoms with E-state index in [4.69, 9.17) is 10.2 Å². The fraction of sp³-hybridized carbons (Fsp3) is 0.526. The zero-order valence-electron chi connectivity index (χ0n) is 17.0. The molecule has 150 valence electrons. The molecule has 0 aromatic heterocycles. The van der Waals surface area contributed by atoms with Gasteiger partial charge < -0.3 is 24.6 Å². The van der Waals surface area contributed by atoms with E-state index in [1.807, 2.05) is 0 Å². The Morgan fingerprint density at radius 3 is 1.65 bits per heavy atom. The Kier molecular flexibility index (Phi) is 16.3. The van der Waals surface area contributed by atoms with Gasteiger partial charge in [0.2, 0.25) is 0 Å². The van der Waals surface area contributed by atoms with Crippen LogP contribution in [0.5, 0.6) is 0 Å². The number of carbonyl (C=O) groups excluding carboxylic acids is 1. The highest BCUT2D eigenvalue weighted by molar-refractivity contribution is 5.86. The average Bonchev–Trinajstić information content (AvgIpc) is 2.52. The molecule has 0 spiro atoms. The molecule has 0 heterocycles. The molecule has 2 N–H and O–H groups in total. The lowest BCUT2D eigenvalue weighted by molar-refractivity contribution is -0.869. The van der Waals surface area contributed by atoms with Gasteiger partial charge in [-0.15, -0.1) is 0 Å². The number of aliphatic carboxylic acids is 3. The largest absolute Gasteiger partial charge is 0.545 e. The number of carboxylic acid groups (broad SMARTS) is 3. The molecule has 0 saturated heterocycles. The Labute approximate surface area is 156 Å². The molecule has 0 bridgehead atoms. The SMILES string of the molecule is C=C(CC)C(=O)O.CC(=CCC[N+](C)(C)C)C(=O)[O-].CC=C(C)C(=O)O. The third-order valence-electron chi connectivity index (χ3n) is 3.07. The Bertz CT molecular complexity index is 539. The summed E-state index contributed by atoms with van der Waals surface area (Å²) in [6.07, 6.45) is 4.57. The van der Waals surface area contributed by atoms with Crippen molar-refractivity contribution < 1.29 is 34.2 Å². The van der Waals surface area contributed by atoms with E-state index in [0.717, 1.165) is 17.4 Å². The zero-order chi connectivity index (χ0) is 21.5. The number of quaternary nitrogens is 1. The van der Waals surface area contributed by atoms with E-state index in [0.29, 0.717) is 17.6 Å². The van der Waals surface area contributed by atoms with E-state index in [1.165, 1.54) is 0 Å². The molecule has 26 heavy (non-hydrogen) atoms. The smallest absolute Gasteiger partial charge is 0.330 e. The summed E-state index contributed by atoms with van der Waals surface area (Å²) in [5, 5.41) is 26.5. The van der Waals surface area contributed by atoms with Gasteiger partial charge in [-0.1, -0.05) is 25.7 Å². The maximum Gasteiger partial charge on any atom is 0.330 e. The fourth-order valence-corrected chi connectivity index (χ4v) is 1.03. The molecular formula is C19H33NO6. The Hall–Kier alpha value is -2.41. The van der Waals surface area contributed by atoms with Crippen LogP contribution in [0.4, 0.5) is 0 Å². The van der Waals surface area contributed by atoms with Crippen molar-refractivity contribution in [3.05, 3.63) is 35.5 Å². The van der Waals surface area contributed by atoms with Crippen molar-refractivity contribution in [1.82, 2.24) is 0 Å². The Balaban J connectivity index is -0.000000326. The average molecular weight is 371 g/mol. The number of allylic oxidation sites excluding steroid dienone is 1. The summed E-state index contributed by atoms with van der Waals surface area (Å²) in [7, 11) is 6.21. The molecule has 0 unspecified atom stereocenters. The minimum Gasteiger partial charge on any atom is -0.545 e. The zero-order valence-corrected chi connectivity index (χ0v) is 17.0. The Morgan fingerprint density at radius 2 is 1.50 bits per heavy atom. The summed E-state index contributed by atoms with van der Waals surface area (Å²) in [5.74, 6) is -2.82. The number of nitrogens with zero attached hydrogens (tertiary/aromatic N) is 1. The van der Waals surface area contributed by atoms with Gasteiger partial charge in [-0.2, -0.15) is 0 Å². The summed E-state index contributed by atoms with van der Waals surface area (Å²) in [6.45, 7) is 10.8. The quantitative estimate of drug-likeness (QED) is 0.521. The first-order valence-corrected chi connectivity index (χ1v) is 8.15. The summed E-state index contributed by atoms with van der Waals surface area (Å²) >= 11 is 0. The van der Waals surface area contributed by atoms with Crippen LogP contribution in [0.3, 0.4) is 0 Å². The first kappa shape index (κ1) is 28.4. The summed E-state index contributed by atoms with van der Waals surface area (Å²) in [4.78, 5) is 30.0. The molecule has 0 radical (unpaired) electrons. The van der Waals surface area contributed by atoms with Crippen molar-refractivity contribution in [3.63, 3.8) is 0 Å². The van der Waals surface area contributed by atoms with Crippen LogP contribution < -0.4 is 5.11 Å². The van der Waals surface area contributed by atoms with Gasteiger partial charge >= 0.3 is 11.9 Å². The lowest BCUT2D eigenvalue weighted by Gasteiger charge is -2.23. The predicted octanol–water partition coefficient (Wildman–Crippen LogP) is 1.85. The van der Waals surface area contributed by atoms with Crippen molar-refractivity contribution in [1.29, 1.82) is 0 Å². The lowest BCUT2D eigenvalue weighted by atomic mass is 10.2. The summed E-state index contributed by atoms with van der Waals surface area (Å²) in [6, 6.07) is 0. The van der Waals surface area contributed by atoms with Crippen LogP contribution >= 0.6 is 0 Å². The van der Waals surface area contributed by atoms with Crippen LogP contribution in [-0.4, -0.2) is 60.3 Å². The fourth-order valence-electron chi connectivity index (χ4n) is 1.03. The number of carboxylic acids is 3. The minimum absolute atomic E-state index is 0.264. The Morgan fingerprint density at radius 1 is 1.04 bits per heavy atom. The van der Waals surface area contributed by atoms with E-state index in [2.05, 4.69) is 27.7 Å². The molecule has 0 aliphatic carbocycles. The van der Waals surface area contributed by atoms with Crippen LogP contribution in [0.1, 0.15) is 40.5 Å². The topological polar surface area (TPSA) is 115 Å². The van der Waals surface area contributed by atoms with E-state index in [1.54, 1.807) is 39.8 Å². The summed E-state index contributed by atoms with van der Waals surface area (Å²) < 4.78 is 0.844. The van der Waals surface area contributed by atoms with Crippen LogP contribution in [0.25, 0.3) is 0 Å². The van der Waals surface area contributed by atoms with Crippen LogP contribution in [0.15, 0.2) is 35.5 Å². The highest BCUT2D eigenvalue weighted by Crippen LogP contribution is 1.98. The molecule has 7 heteroatoms. The van der Waals surface area contributed by atoms with Gasteiger partial charge in [-0.05, 0) is 32.8 Å². The molecule has 0 saturated carbocycles. The molecule has 0 aromatic carbocycles. The normalized spacial score (nSPS) is 11.3. The van der Waals surface area contributed by atoms with Crippen molar-refractivity contribution >= 4 is 17.9 Å². The molecule has 0 rings (SSSR count). The van der Waals surface area contributed by atoms with Crippen molar-refractivity contribution in [3.8, 4) is 0 Å². The van der Waals surface area contributed by atoms with Crippen molar-refractivity contribution in [2.24, 2.45) is 0 Å². The third-order valence-corrected chi connectivity index (χ3v) is 3.07. The molecule has 0 atom stereocenters. The molecule has 7 nitrogen and oxygen atoms in total. The molecule has 0 aliphatic heterocycles. The first-order chi connectivity index (χ1) is 11.7. The first-order valence-electron chi connectivity index (χ1n) is 8.15. The predicted molar refractivity (Wildman–Crippen MR) is 100 cm³/mol. The molecule has 0 aliphatic rings. The maximum atomic E-state index is 10.3. The van der Waals surface area contributed by atoms with Crippen LogP contribution in [0, 0.1) is 0 Å². The van der Waals surface area contributed by atoms with Gasteiger partial charge in [-0.3, -0.25) is 0 Å². The van der Waals surface area contributed by atoms with E-state index < -0.39 is 17.9 Å². The van der Waals surface area contributed by atoms with E-state index in [-0.39, 0.29) is 5.57 Å². The molecule has 0 fully saturated rings. The number of hydrogen-bond donors (Lipinski definition) is 2. The molecule has 0 amide bonds. The monoisotopic (exact) mass is 371 g/mol. The lowest BCUT2D eigenvalue weighted by Crippen LogP contribution is -2.35. The standard InChI is InChI=1S/C9H17NO2.2C5H8O2/c1-8(9(11)12)6-5-7-10(2,3)4;2*1-3-4(2)5(6)7/h6H,5,7H2,1-4H3;3H,1-2H3,(H,6,7);2-3H2,1H3,(H,6,7). The van der Waals surface area contributed by atoms with Gasteiger partial charge in [-0.25, -0.2) is 9.59 Å². The van der Waals surface area contributed by atoms with Gasteiger partial charge in [0.1, 0.15) is 0 Å². The highest BCUT2D eigenvalue weighted by atomic mass is 16.4. The van der Waals surface area contributed by atoms with Crippen molar-refractivity contribution in [2.75, 3.05) is 27.7 Å². The van der Waals surface area contributed by atoms with Gasteiger partial charge in [0.05, 0.1) is 33.7 Å².